The van der Waals surface area contributed by atoms with Crippen LogP contribution in [0.3, 0.4) is 0 Å². The quantitative estimate of drug-likeness (QED) is 0.225. The molecule has 0 saturated carbocycles. The molecule has 10 atom stereocenters. The minimum absolute atomic E-state index is 0.575. The van der Waals surface area contributed by atoms with Crippen molar-refractivity contribution in [1.29, 1.82) is 0 Å². The van der Waals surface area contributed by atoms with Crippen LogP contribution in [0, 0.1) is 0 Å². The molecular weight excluding hydrogens is 384 g/mol. The number of ether oxygens (including phenoxy) is 4. The van der Waals surface area contributed by atoms with E-state index in [-0.39, 0.29) is 0 Å². The molecule has 2 heterocycles. The molecule has 2 aliphatic rings. The van der Waals surface area contributed by atoms with Gasteiger partial charge in [0.25, 0.3) is 0 Å². The first-order chi connectivity index (χ1) is 13.1. The molecule has 162 valence electrons. The molecule has 8 N–H and O–H groups in total. The highest BCUT2D eigenvalue weighted by molar-refractivity contribution is 5.73. The Kier molecular flexibility index (Phi) is 7.52. The molecule has 0 aliphatic carbocycles. The van der Waals surface area contributed by atoms with E-state index < -0.39 is 79.8 Å². The summed E-state index contributed by atoms with van der Waals surface area (Å²) < 4.78 is 21.1. The average Bonchev–Trinajstić information content (AvgIpc) is 2.63. The number of aliphatic hydroxyl groups is 4. The number of nitrogens with one attached hydrogen (secondary N) is 1. The fraction of sp³-hybridized carbons (Fsp3) is 0.867. The monoisotopic (exact) mass is 410 g/mol. The number of aliphatic carboxylic acids is 1. The highest BCUT2D eigenvalue weighted by atomic mass is 16.7. The number of aliphatic hydroxyl groups excluding tert-OH is 4. The molecule has 2 aliphatic heterocycles. The molecular formula is C15H26N2O11. The second-order valence-corrected chi connectivity index (χ2v) is 6.63. The first-order valence-corrected chi connectivity index (χ1v) is 8.55. The van der Waals surface area contributed by atoms with Crippen LogP contribution in [0.2, 0.25) is 0 Å². The van der Waals surface area contributed by atoms with E-state index in [2.05, 4.69) is 5.32 Å². The van der Waals surface area contributed by atoms with Crippen molar-refractivity contribution in [3.8, 4) is 0 Å². The number of carbonyl (C=O) groups excluding carboxylic acids is 1. The number of carbonyl (C=O) groups is 2. The Morgan fingerprint density at radius 3 is 2.25 bits per heavy atom. The van der Waals surface area contributed by atoms with Gasteiger partial charge in [0.1, 0.15) is 36.6 Å². The lowest BCUT2D eigenvalue weighted by Gasteiger charge is -2.47. The van der Waals surface area contributed by atoms with Crippen LogP contribution in [0.15, 0.2) is 0 Å². The van der Waals surface area contributed by atoms with E-state index in [9.17, 15) is 35.1 Å². The molecule has 7 unspecified atom stereocenters. The molecule has 0 aromatic carbocycles. The maximum atomic E-state index is 11.4. The number of nitrogens with two attached hydrogens (primary N) is 1. The van der Waals surface area contributed by atoms with Crippen LogP contribution in [0.4, 0.5) is 4.79 Å². The lowest BCUT2D eigenvalue weighted by molar-refractivity contribution is -0.327. The smallest absolute Gasteiger partial charge is 0.335 e. The molecule has 0 bridgehead atoms. The lowest BCUT2D eigenvalue weighted by atomic mass is 9.92. The third kappa shape index (κ3) is 4.52. The van der Waals surface area contributed by atoms with E-state index in [4.69, 9.17) is 24.7 Å². The number of methoxy groups -OCH3 is 1. The molecule has 2 rings (SSSR count). The number of primary amides is 1. The van der Waals surface area contributed by atoms with Crippen molar-refractivity contribution in [2.75, 3.05) is 13.7 Å². The Balaban J connectivity index is 2.26. The molecule has 28 heavy (non-hydrogen) atoms. The first-order valence-electron chi connectivity index (χ1n) is 8.55. The van der Waals surface area contributed by atoms with E-state index in [1.165, 1.54) is 6.92 Å². The molecule has 2 saturated heterocycles. The summed E-state index contributed by atoms with van der Waals surface area (Å²) in [5.41, 5.74) is 5.13. The van der Waals surface area contributed by atoms with Crippen molar-refractivity contribution in [2.45, 2.75) is 68.1 Å². The summed E-state index contributed by atoms with van der Waals surface area (Å²) in [5.74, 6) is -1.47. The Bertz CT molecular complexity index is 564. The number of hydrogen-bond acceptors (Lipinski definition) is 10. The van der Waals surface area contributed by atoms with E-state index >= 15 is 0 Å². The number of hydrogen-bond donors (Lipinski definition) is 7. The Morgan fingerprint density at radius 2 is 1.75 bits per heavy atom. The van der Waals surface area contributed by atoms with E-state index in [1.54, 1.807) is 0 Å². The van der Waals surface area contributed by atoms with Crippen molar-refractivity contribution >= 4 is 12.0 Å². The third-order valence-corrected chi connectivity index (χ3v) is 4.81. The van der Waals surface area contributed by atoms with Gasteiger partial charge in [-0.1, -0.05) is 0 Å². The Labute approximate surface area is 159 Å². The summed E-state index contributed by atoms with van der Waals surface area (Å²) >= 11 is 0. The van der Waals surface area contributed by atoms with E-state index in [1.807, 2.05) is 0 Å². The van der Waals surface area contributed by atoms with E-state index in [0.29, 0.717) is 0 Å². The molecule has 2 amide bonds. The van der Waals surface area contributed by atoms with Crippen molar-refractivity contribution in [2.24, 2.45) is 5.73 Å². The first kappa shape index (κ1) is 22.7. The molecule has 0 spiro atoms. The van der Waals surface area contributed by atoms with Crippen LogP contribution in [0.25, 0.3) is 0 Å². The fourth-order valence-corrected chi connectivity index (χ4v) is 3.38. The van der Waals surface area contributed by atoms with Gasteiger partial charge in [0.05, 0.1) is 18.8 Å². The highest BCUT2D eigenvalue weighted by Crippen LogP contribution is 2.30. The van der Waals surface area contributed by atoms with Gasteiger partial charge in [-0.25, -0.2) is 9.59 Å². The summed E-state index contributed by atoms with van der Waals surface area (Å²) in [6.45, 7) is 0.953. The number of carboxylic acid groups (broad SMARTS) is 1. The topological polar surface area (TPSA) is 210 Å². The SMILES string of the molecule is CO[C@@H]1C(C(=O)O)O[C@@H](OC2C(NC(N)=O)C(C)OC(CO)[C@H]2O)C(O)C1O. The normalized spacial score (nSPS) is 44.1. The molecule has 0 aromatic heterocycles. The molecule has 13 heteroatoms. The number of urea groups is 1. The number of carboxylic acids is 1. The van der Waals surface area contributed by atoms with Crippen molar-refractivity contribution in [3.63, 3.8) is 0 Å². The Morgan fingerprint density at radius 1 is 1.11 bits per heavy atom. The van der Waals surface area contributed by atoms with Crippen LogP contribution in [0.5, 0.6) is 0 Å². The summed E-state index contributed by atoms with van der Waals surface area (Å²) in [7, 11) is 1.14. The largest absolute Gasteiger partial charge is 0.479 e. The van der Waals surface area contributed by atoms with Gasteiger partial charge < -0.3 is 55.5 Å². The average molecular weight is 410 g/mol. The summed E-state index contributed by atoms with van der Waals surface area (Å²) in [4.78, 5) is 22.7. The minimum atomic E-state index is -1.73. The van der Waals surface area contributed by atoms with Gasteiger partial charge in [0.2, 0.25) is 0 Å². The molecule has 13 nitrogen and oxygen atoms in total. The molecule has 2 fully saturated rings. The zero-order chi connectivity index (χ0) is 21.2. The third-order valence-electron chi connectivity index (χ3n) is 4.81. The van der Waals surface area contributed by atoms with Crippen LogP contribution in [-0.2, 0) is 23.7 Å². The summed E-state index contributed by atoms with van der Waals surface area (Å²) in [6, 6.07) is -1.97. The number of rotatable bonds is 6. The second-order valence-electron chi connectivity index (χ2n) is 6.63. The van der Waals surface area contributed by atoms with Crippen LogP contribution < -0.4 is 11.1 Å². The van der Waals surface area contributed by atoms with Gasteiger partial charge >= 0.3 is 12.0 Å². The number of amides is 2. The second kappa shape index (κ2) is 9.28. The maximum Gasteiger partial charge on any atom is 0.335 e. The highest BCUT2D eigenvalue weighted by Gasteiger charge is 2.52. The van der Waals surface area contributed by atoms with Crippen LogP contribution >= 0.6 is 0 Å². The van der Waals surface area contributed by atoms with Gasteiger partial charge in [0, 0.05) is 7.11 Å². The molecule has 0 aromatic rings. The standard InChI is InChI=1S/C15H26N2O11/c1-4-6(17-15(16)24)10(7(19)5(3-18)26-4)27-14-9(21)8(20)11(25-2)12(28-14)13(22)23/h4-12,14,18-21H,3H2,1-2H3,(H,22,23)(H3,16,17,24)/t4?,5?,6?,7-,8?,9?,10?,11+,12?,14-/m1/s1. The van der Waals surface area contributed by atoms with Crippen molar-refractivity contribution in [1.82, 2.24) is 5.32 Å². The zero-order valence-corrected chi connectivity index (χ0v) is 15.2. The zero-order valence-electron chi connectivity index (χ0n) is 15.2. The summed E-state index contributed by atoms with van der Waals surface area (Å²) in [6.07, 6.45) is -12.8. The van der Waals surface area contributed by atoms with E-state index in [0.717, 1.165) is 7.11 Å². The van der Waals surface area contributed by atoms with Gasteiger partial charge in [-0.3, -0.25) is 0 Å². The van der Waals surface area contributed by atoms with Crippen LogP contribution in [-0.4, -0.2) is 112 Å². The van der Waals surface area contributed by atoms with Gasteiger partial charge in [-0.15, -0.1) is 0 Å². The molecule has 0 radical (unpaired) electrons. The Hall–Kier alpha value is -1.58. The predicted molar refractivity (Wildman–Crippen MR) is 87.9 cm³/mol. The van der Waals surface area contributed by atoms with Crippen molar-refractivity contribution < 1.29 is 54.1 Å². The fourth-order valence-electron chi connectivity index (χ4n) is 3.38. The van der Waals surface area contributed by atoms with Gasteiger partial charge in [-0.05, 0) is 6.92 Å². The minimum Gasteiger partial charge on any atom is -0.479 e. The van der Waals surface area contributed by atoms with Crippen molar-refractivity contribution in [3.05, 3.63) is 0 Å². The maximum absolute atomic E-state index is 11.4. The van der Waals surface area contributed by atoms with Gasteiger partial charge in [0.15, 0.2) is 12.4 Å². The van der Waals surface area contributed by atoms with Crippen LogP contribution in [0.1, 0.15) is 6.92 Å². The summed E-state index contributed by atoms with van der Waals surface area (Å²) in [5, 5.41) is 51.9. The van der Waals surface area contributed by atoms with Gasteiger partial charge in [-0.2, -0.15) is 0 Å². The predicted octanol–water partition coefficient (Wildman–Crippen LogP) is -3.90. The lowest BCUT2D eigenvalue weighted by Crippen LogP contribution is -2.68.